The number of amides is 2. The highest BCUT2D eigenvalue weighted by atomic mass is 35.5. The highest BCUT2D eigenvalue weighted by molar-refractivity contribution is 6.33. The standard InChI is InChI=1S/C27H32ClN7O4/c1-34(2)15-24(36)35-9-7-16-11-21(23(39-4)13-17(16)8-10-35)32-27-30-14-19(28)26(33-27)31-20-12-18(25(29)37)5-6-22(20)38-3/h5-6,11-14H,7-10,15H2,1-4H3,(H2,29,37)(H2,30,31,32,33). The molecule has 4 N–H and O–H groups in total. The number of rotatable bonds is 9. The molecule has 1 aromatic heterocycles. The molecule has 2 aromatic carbocycles. The van der Waals surface area contributed by atoms with Gasteiger partial charge in [-0.05, 0) is 68.4 Å². The molecule has 0 unspecified atom stereocenters. The predicted octanol–water partition coefficient (Wildman–Crippen LogP) is 3.22. The van der Waals surface area contributed by atoms with Crippen LogP contribution in [0.15, 0.2) is 36.5 Å². The van der Waals surface area contributed by atoms with E-state index in [0.29, 0.717) is 53.9 Å². The average Bonchev–Trinajstić information content (AvgIpc) is 3.11. The molecule has 11 nitrogen and oxygen atoms in total. The quantitative estimate of drug-likeness (QED) is 0.365. The zero-order valence-electron chi connectivity index (χ0n) is 22.4. The number of halogens is 1. The summed E-state index contributed by atoms with van der Waals surface area (Å²) in [4.78, 5) is 36.9. The first-order valence-corrected chi connectivity index (χ1v) is 12.7. The molecule has 12 heteroatoms. The van der Waals surface area contributed by atoms with Gasteiger partial charge in [0.05, 0.1) is 38.3 Å². The molecule has 206 valence electrons. The summed E-state index contributed by atoms with van der Waals surface area (Å²) in [5.41, 5.74) is 9.15. The summed E-state index contributed by atoms with van der Waals surface area (Å²) in [6, 6.07) is 8.77. The normalized spacial score (nSPS) is 12.9. The molecule has 2 heterocycles. The number of nitrogens with zero attached hydrogens (tertiary/aromatic N) is 4. The number of ether oxygens (including phenoxy) is 2. The van der Waals surface area contributed by atoms with E-state index in [4.69, 9.17) is 26.8 Å². The lowest BCUT2D eigenvalue weighted by Gasteiger charge is -2.22. The fraction of sp³-hybridized carbons (Fsp3) is 0.333. The van der Waals surface area contributed by atoms with E-state index in [1.165, 1.54) is 13.3 Å². The van der Waals surface area contributed by atoms with Gasteiger partial charge in [0, 0.05) is 18.7 Å². The van der Waals surface area contributed by atoms with Crippen LogP contribution in [0.3, 0.4) is 0 Å². The maximum absolute atomic E-state index is 12.6. The highest BCUT2D eigenvalue weighted by Crippen LogP contribution is 2.34. The fourth-order valence-corrected chi connectivity index (χ4v) is 4.50. The van der Waals surface area contributed by atoms with E-state index >= 15 is 0 Å². The number of benzene rings is 2. The van der Waals surface area contributed by atoms with Gasteiger partial charge in [0.15, 0.2) is 5.82 Å². The molecule has 0 spiro atoms. The van der Waals surface area contributed by atoms with Gasteiger partial charge >= 0.3 is 0 Å². The third kappa shape index (κ3) is 6.68. The van der Waals surface area contributed by atoms with Crippen molar-refractivity contribution in [1.29, 1.82) is 0 Å². The van der Waals surface area contributed by atoms with Gasteiger partial charge in [-0.1, -0.05) is 11.6 Å². The largest absolute Gasteiger partial charge is 0.495 e. The molecular weight excluding hydrogens is 522 g/mol. The molecule has 0 saturated carbocycles. The van der Waals surface area contributed by atoms with Crippen molar-refractivity contribution in [2.75, 3.05) is 58.6 Å². The molecular formula is C27H32ClN7O4. The Balaban J connectivity index is 1.58. The number of likely N-dealkylation sites (N-methyl/N-ethyl adjacent to an activating group) is 1. The summed E-state index contributed by atoms with van der Waals surface area (Å²) in [6.45, 7) is 1.68. The van der Waals surface area contributed by atoms with Crippen molar-refractivity contribution in [1.82, 2.24) is 19.8 Å². The number of carbonyl (C=O) groups is 2. The van der Waals surface area contributed by atoms with Crippen molar-refractivity contribution in [3.8, 4) is 11.5 Å². The minimum absolute atomic E-state index is 0.116. The Morgan fingerprint density at radius 2 is 1.69 bits per heavy atom. The summed E-state index contributed by atoms with van der Waals surface area (Å²) in [7, 11) is 6.90. The number of methoxy groups -OCH3 is 2. The van der Waals surface area contributed by atoms with Gasteiger partial charge in [0.1, 0.15) is 16.5 Å². The Morgan fingerprint density at radius 3 is 2.33 bits per heavy atom. The van der Waals surface area contributed by atoms with Crippen molar-refractivity contribution in [3.63, 3.8) is 0 Å². The summed E-state index contributed by atoms with van der Waals surface area (Å²) in [6.07, 6.45) is 2.92. The van der Waals surface area contributed by atoms with Crippen LogP contribution in [-0.4, -0.2) is 79.5 Å². The number of carbonyl (C=O) groups excluding carboxylic acids is 2. The molecule has 0 fully saturated rings. The van der Waals surface area contributed by atoms with E-state index in [2.05, 4.69) is 20.6 Å². The number of anilines is 4. The Labute approximate surface area is 232 Å². The number of primary amides is 1. The van der Waals surface area contributed by atoms with Crippen LogP contribution in [0.1, 0.15) is 21.5 Å². The van der Waals surface area contributed by atoms with Gasteiger partial charge in [-0.15, -0.1) is 0 Å². The fourth-order valence-electron chi connectivity index (χ4n) is 4.36. The topological polar surface area (TPSA) is 135 Å². The first-order valence-electron chi connectivity index (χ1n) is 12.3. The van der Waals surface area contributed by atoms with Gasteiger partial charge in [-0.2, -0.15) is 4.98 Å². The Bertz CT molecular complexity index is 1380. The Morgan fingerprint density at radius 1 is 1.03 bits per heavy atom. The number of fused-ring (bicyclic) bond motifs is 1. The monoisotopic (exact) mass is 553 g/mol. The van der Waals surface area contributed by atoms with Gasteiger partial charge < -0.3 is 35.6 Å². The maximum atomic E-state index is 12.6. The molecule has 0 bridgehead atoms. The van der Waals surface area contributed by atoms with Gasteiger partial charge in [-0.3, -0.25) is 9.59 Å². The van der Waals surface area contributed by atoms with Crippen molar-refractivity contribution in [2.45, 2.75) is 12.8 Å². The molecule has 0 aliphatic carbocycles. The first-order chi connectivity index (χ1) is 18.7. The SMILES string of the molecule is COc1cc2c(cc1Nc1ncc(Cl)c(Nc3cc(C(N)=O)ccc3OC)n1)CCN(C(=O)CN(C)C)CC2. The zero-order valence-corrected chi connectivity index (χ0v) is 23.1. The number of hydrogen-bond acceptors (Lipinski definition) is 9. The van der Waals surface area contributed by atoms with Gasteiger partial charge in [0.2, 0.25) is 17.8 Å². The van der Waals surface area contributed by atoms with Crippen LogP contribution in [0.4, 0.5) is 23.1 Å². The van der Waals surface area contributed by atoms with E-state index in [1.54, 1.807) is 25.3 Å². The minimum Gasteiger partial charge on any atom is -0.495 e. The van der Waals surface area contributed by atoms with Crippen LogP contribution in [0.2, 0.25) is 5.02 Å². The highest BCUT2D eigenvalue weighted by Gasteiger charge is 2.21. The van der Waals surface area contributed by atoms with Crippen LogP contribution in [0, 0.1) is 0 Å². The second-order valence-electron chi connectivity index (χ2n) is 9.36. The molecule has 1 aliphatic heterocycles. The van der Waals surface area contributed by atoms with Crippen molar-refractivity contribution in [3.05, 3.63) is 58.2 Å². The van der Waals surface area contributed by atoms with Crippen molar-refractivity contribution in [2.24, 2.45) is 5.73 Å². The second kappa shape index (κ2) is 12.2. The van der Waals surface area contributed by atoms with Crippen LogP contribution in [0.25, 0.3) is 0 Å². The number of aromatic nitrogens is 2. The van der Waals surface area contributed by atoms with E-state index in [-0.39, 0.29) is 16.9 Å². The molecule has 0 saturated heterocycles. The lowest BCUT2D eigenvalue weighted by Crippen LogP contribution is -2.39. The maximum Gasteiger partial charge on any atom is 0.248 e. The van der Waals surface area contributed by atoms with Crippen LogP contribution < -0.4 is 25.8 Å². The zero-order chi connectivity index (χ0) is 28.1. The summed E-state index contributed by atoms with van der Waals surface area (Å²) >= 11 is 6.38. The third-order valence-electron chi connectivity index (χ3n) is 6.36. The van der Waals surface area contributed by atoms with Crippen LogP contribution in [-0.2, 0) is 17.6 Å². The molecule has 0 atom stereocenters. The first kappa shape index (κ1) is 27.9. The minimum atomic E-state index is -0.572. The number of hydrogen-bond donors (Lipinski definition) is 3. The Kier molecular flexibility index (Phi) is 8.72. The van der Waals surface area contributed by atoms with E-state index in [1.807, 2.05) is 36.0 Å². The Hall–Kier alpha value is -4.09. The number of nitrogens with two attached hydrogens (primary N) is 1. The summed E-state index contributed by atoms with van der Waals surface area (Å²) < 4.78 is 11.1. The van der Waals surface area contributed by atoms with E-state index in [9.17, 15) is 9.59 Å². The van der Waals surface area contributed by atoms with E-state index < -0.39 is 5.91 Å². The lowest BCUT2D eigenvalue weighted by atomic mass is 10.0. The van der Waals surface area contributed by atoms with Crippen molar-refractivity contribution >= 4 is 46.6 Å². The molecule has 2 amide bonds. The average molecular weight is 554 g/mol. The lowest BCUT2D eigenvalue weighted by molar-refractivity contribution is -0.131. The molecule has 3 aromatic rings. The van der Waals surface area contributed by atoms with Gasteiger partial charge in [-0.25, -0.2) is 4.98 Å². The van der Waals surface area contributed by atoms with Crippen molar-refractivity contribution < 1.29 is 19.1 Å². The molecule has 4 rings (SSSR count). The number of nitrogens with one attached hydrogen (secondary N) is 2. The molecule has 39 heavy (non-hydrogen) atoms. The van der Waals surface area contributed by atoms with E-state index in [0.717, 1.165) is 24.0 Å². The third-order valence-corrected chi connectivity index (χ3v) is 6.63. The smallest absolute Gasteiger partial charge is 0.248 e. The van der Waals surface area contributed by atoms with Gasteiger partial charge in [0.25, 0.3) is 0 Å². The van der Waals surface area contributed by atoms with Crippen LogP contribution >= 0.6 is 11.6 Å². The predicted molar refractivity (Wildman–Crippen MR) is 151 cm³/mol. The summed E-state index contributed by atoms with van der Waals surface area (Å²) in [5, 5.41) is 6.60. The summed E-state index contributed by atoms with van der Waals surface area (Å²) in [5.74, 6) is 1.24. The second-order valence-corrected chi connectivity index (χ2v) is 9.77. The molecule has 0 radical (unpaired) electrons. The molecule has 1 aliphatic rings. The van der Waals surface area contributed by atoms with Crippen LogP contribution in [0.5, 0.6) is 11.5 Å².